The van der Waals surface area contributed by atoms with Crippen molar-refractivity contribution in [1.29, 1.82) is 0 Å². The summed E-state index contributed by atoms with van der Waals surface area (Å²) >= 11 is 1.02. The van der Waals surface area contributed by atoms with E-state index in [1.165, 1.54) is 17.3 Å². The normalized spacial score (nSPS) is 15.2. The lowest BCUT2D eigenvalue weighted by atomic mass is 10.1. The van der Waals surface area contributed by atoms with Crippen LogP contribution < -0.4 is 5.32 Å². The first-order valence-corrected chi connectivity index (χ1v) is 10.8. The Hall–Kier alpha value is -2.41. The number of nitro groups is 1. The Morgan fingerprint density at radius 2 is 2.03 bits per heavy atom. The second-order valence-corrected chi connectivity index (χ2v) is 9.61. The highest BCUT2D eigenvalue weighted by atomic mass is 32.2. The van der Waals surface area contributed by atoms with E-state index in [2.05, 4.69) is 5.32 Å². The molecule has 29 heavy (non-hydrogen) atoms. The van der Waals surface area contributed by atoms with E-state index in [1.807, 2.05) is 0 Å². The number of carbonyl (C=O) groups excluding carboxylic acids is 1. The van der Waals surface area contributed by atoms with Crippen molar-refractivity contribution in [1.82, 2.24) is 9.62 Å². The summed E-state index contributed by atoms with van der Waals surface area (Å²) in [4.78, 5) is 23.1. The molecule has 1 aliphatic heterocycles. The number of hydrogen-bond acceptors (Lipinski definition) is 7. The molecule has 0 bridgehead atoms. The van der Waals surface area contributed by atoms with Crippen LogP contribution in [-0.2, 0) is 21.3 Å². The summed E-state index contributed by atoms with van der Waals surface area (Å²) in [5.41, 5.74) is -0.814. The summed E-state index contributed by atoms with van der Waals surface area (Å²) in [5.74, 6) is -1.54. The van der Waals surface area contributed by atoms with Crippen LogP contribution in [0.2, 0.25) is 0 Å². The van der Waals surface area contributed by atoms with Gasteiger partial charge in [-0.05, 0) is 25.1 Å². The third-order valence-corrected chi connectivity index (χ3v) is 7.85. The number of rotatable bonds is 6. The second kappa shape index (κ2) is 8.53. The molecule has 0 saturated carbocycles. The summed E-state index contributed by atoms with van der Waals surface area (Å²) < 4.78 is 45.8. The van der Waals surface area contributed by atoms with Gasteiger partial charge in [-0.3, -0.25) is 14.9 Å². The van der Waals surface area contributed by atoms with Gasteiger partial charge in [0.2, 0.25) is 0 Å². The van der Waals surface area contributed by atoms with Crippen LogP contribution >= 0.6 is 11.3 Å². The van der Waals surface area contributed by atoms with Crippen molar-refractivity contribution in [3.8, 4) is 0 Å². The van der Waals surface area contributed by atoms with E-state index in [9.17, 15) is 27.7 Å². The molecular weight excluding hydrogens is 425 g/mol. The molecule has 1 aliphatic rings. The number of thiophene rings is 1. The number of hydrogen-bond donors (Lipinski definition) is 1. The van der Waals surface area contributed by atoms with E-state index >= 15 is 0 Å². The third-order valence-electron chi connectivity index (χ3n) is 4.40. The number of halogens is 1. The Kier molecular flexibility index (Phi) is 6.27. The van der Waals surface area contributed by atoms with E-state index in [1.54, 1.807) is 6.07 Å². The minimum atomic E-state index is -3.62. The highest BCUT2D eigenvalue weighted by molar-refractivity contribution is 7.91. The third kappa shape index (κ3) is 4.61. The minimum Gasteiger partial charge on any atom is -0.379 e. The molecule has 0 aliphatic carbocycles. The number of morpholine rings is 1. The lowest BCUT2D eigenvalue weighted by Gasteiger charge is -2.25. The average molecular weight is 443 g/mol. The molecule has 156 valence electrons. The lowest BCUT2D eigenvalue weighted by Crippen LogP contribution is -2.40. The summed E-state index contributed by atoms with van der Waals surface area (Å²) in [6.45, 7) is 2.51. The Morgan fingerprint density at radius 1 is 1.34 bits per heavy atom. The fourth-order valence-corrected chi connectivity index (χ4v) is 5.62. The maximum atomic E-state index is 13.9. The van der Waals surface area contributed by atoms with Crippen LogP contribution in [-0.4, -0.2) is 49.9 Å². The summed E-state index contributed by atoms with van der Waals surface area (Å²) in [5, 5.41) is 13.5. The highest BCUT2D eigenvalue weighted by Gasteiger charge is 2.28. The monoisotopic (exact) mass is 443 g/mol. The fraction of sp³-hybridized carbons (Fsp3) is 0.353. The van der Waals surface area contributed by atoms with Crippen molar-refractivity contribution in [2.24, 2.45) is 0 Å². The second-order valence-electron chi connectivity index (χ2n) is 6.28. The maximum absolute atomic E-state index is 13.9. The van der Waals surface area contributed by atoms with Gasteiger partial charge >= 0.3 is 0 Å². The van der Waals surface area contributed by atoms with Crippen molar-refractivity contribution in [3.05, 3.63) is 56.2 Å². The van der Waals surface area contributed by atoms with Crippen molar-refractivity contribution < 1.29 is 27.3 Å². The number of amides is 1. The number of ether oxygens (including phenoxy) is 1. The lowest BCUT2D eigenvalue weighted by molar-refractivity contribution is -0.385. The van der Waals surface area contributed by atoms with Gasteiger partial charge in [-0.2, -0.15) is 4.31 Å². The SMILES string of the molecule is Cc1c(F)cc(C(=O)NCc2ccc(S(=O)(=O)N3CCOCC3)s2)cc1[N+](=O)[O-]. The summed E-state index contributed by atoms with van der Waals surface area (Å²) in [6.07, 6.45) is 0. The number of nitrogens with zero attached hydrogens (tertiary/aromatic N) is 2. The minimum absolute atomic E-state index is 0.00538. The summed E-state index contributed by atoms with van der Waals surface area (Å²) in [7, 11) is -3.62. The van der Waals surface area contributed by atoms with E-state index in [4.69, 9.17) is 4.74 Å². The van der Waals surface area contributed by atoms with Crippen LogP contribution in [0, 0.1) is 22.9 Å². The predicted molar refractivity (Wildman–Crippen MR) is 103 cm³/mol. The van der Waals surface area contributed by atoms with E-state index < -0.39 is 32.4 Å². The molecule has 3 rings (SSSR count). The van der Waals surface area contributed by atoms with E-state index in [0.717, 1.165) is 23.5 Å². The van der Waals surface area contributed by atoms with Crippen LogP contribution in [0.5, 0.6) is 0 Å². The molecule has 1 saturated heterocycles. The number of carbonyl (C=O) groups is 1. The van der Waals surface area contributed by atoms with Crippen LogP contribution in [0.4, 0.5) is 10.1 Å². The molecule has 1 fully saturated rings. The molecule has 12 heteroatoms. The number of nitro benzene ring substituents is 1. The molecule has 1 aromatic carbocycles. The standard InChI is InChI=1S/C17H18FN3O6S2/c1-11-14(18)8-12(9-15(11)21(23)24)17(22)19-10-13-2-3-16(28-13)29(25,26)20-4-6-27-7-5-20/h2-3,8-9H,4-7,10H2,1H3,(H,19,22). The van der Waals surface area contributed by atoms with Gasteiger partial charge in [-0.15, -0.1) is 11.3 Å². The molecule has 1 aromatic heterocycles. The molecule has 9 nitrogen and oxygen atoms in total. The maximum Gasteiger partial charge on any atom is 0.276 e. The number of nitrogens with one attached hydrogen (secondary N) is 1. The first kappa shape index (κ1) is 21.3. The van der Waals surface area contributed by atoms with Gasteiger partial charge in [-0.25, -0.2) is 12.8 Å². The fourth-order valence-electron chi connectivity index (χ4n) is 2.76. The van der Waals surface area contributed by atoms with Crippen LogP contribution in [0.1, 0.15) is 20.8 Å². The van der Waals surface area contributed by atoms with Crippen LogP contribution in [0.3, 0.4) is 0 Å². The molecule has 0 radical (unpaired) electrons. The number of sulfonamides is 1. The van der Waals surface area contributed by atoms with Gasteiger partial charge in [0.05, 0.1) is 30.2 Å². The first-order valence-electron chi connectivity index (χ1n) is 8.59. The van der Waals surface area contributed by atoms with Gasteiger partial charge < -0.3 is 10.1 Å². The average Bonchev–Trinajstić information content (AvgIpc) is 3.18. The Bertz CT molecular complexity index is 1050. The van der Waals surface area contributed by atoms with Crippen LogP contribution in [0.25, 0.3) is 0 Å². The molecule has 1 N–H and O–H groups in total. The van der Waals surface area contributed by atoms with Gasteiger partial charge in [0.25, 0.3) is 21.6 Å². The quantitative estimate of drug-likeness (QED) is 0.539. The van der Waals surface area contributed by atoms with Crippen LogP contribution in [0.15, 0.2) is 28.5 Å². The molecule has 0 spiro atoms. The Balaban J connectivity index is 1.70. The largest absolute Gasteiger partial charge is 0.379 e. The van der Waals surface area contributed by atoms with Gasteiger partial charge in [0.15, 0.2) is 0 Å². The zero-order chi connectivity index (χ0) is 21.2. The van der Waals surface area contributed by atoms with Crippen molar-refractivity contribution in [2.45, 2.75) is 17.7 Å². The Labute approximate surface area is 170 Å². The topological polar surface area (TPSA) is 119 Å². The van der Waals surface area contributed by atoms with Crippen molar-refractivity contribution in [2.75, 3.05) is 26.3 Å². The molecule has 0 atom stereocenters. The highest BCUT2D eigenvalue weighted by Crippen LogP contribution is 2.26. The smallest absolute Gasteiger partial charge is 0.276 e. The van der Waals surface area contributed by atoms with Gasteiger partial charge in [-0.1, -0.05) is 0 Å². The molecule has 1 amide bonds. The zero-order valence-corrected chi connectivity index (χ0v) is 17.0. The predicted octanol–water partition coefficient (Wildman–Crippen LogP) is 2.05. The molecular formula is C17H18FN3O6S2. The summed E-state index contributed by atoms with van der Waals surface area (Å²) in [6, 6.07) is 4.99. The Morgan fingerprint density at radius 3 is 2.69 bits per heavy atom. The zero-order valence-electron chi connectivity index (χ0n) is 15.4. The van der Waals surface area contributed by atoms with Crippen molar-refractivity contribution >= 4 is 33.0 Å². The first-order chi connectivity index (χ1) is 13.7. The van der Waals surface area contributed by atoms with E-state index in [-0.39, 0.29) is 35.0 Å². The molecule has 2 heterocycles. The van der Waals surface area contributed by atoms with Gasteiger partial charge in [0.1, 0.15) is 10.0 Å². The molecule has 0 unspecified atom stereocenters. The molecule has 2 aromatic rings. The van der Waals surface area contributed by atoms with Gasteiger partial charge in [0, 0.05) is 29.6 Å². The number of benzene rings is 1. The van der Waals surface area contributed by atoms with Crippen molar-refractivity contribution in [3.63, 3.8) is 0 Å². The van der Waals surface area contributed by atoms with E-state index in [0.29, 0.717) is 18.1 Å².